The van der Waals surface area contributed by atoms with Crippen molar-refractivity contribution in [3.8, 4) is 0 Å². The fourth-order valence-electron chi connectivity index (χ4n) is 1.87. The summed E-state index contributed by atoms with van der Waals surface area (Å²) in [4.78, 5) is 12.6. The molecule has 0 bridgehead atoms. The van der Waals surface area contributed by atoms with Crippen LogP contribution < -0.4 is 0 Å². The van der Waals surface area contributed by atoms with Crippen molar-refractivity contribution in [1.29, 1.82) is 0 Å². The summed E-state index contributed by atoms with van der Waals surface area (Å²) in [6, 6.07) is 0.439. The minimum atomic E-state index is -0.716. The van der Waals surface area contributed by atoms with Crippen LogP contribution in [0.25, 0.3) is 0 Å². The molecule has 0 saturated carbocycles. The molecule has 0 aliphatic carbocycles. The summed E-state index contributed by atoms with van der Waals surface area (Å²) in [6.45, 7) is 5.15. The first-order valence-corrected chi connectivity index (χ1v) is 5.27. The molecule has 0 amide bonds. The molecule has 1 N–H and O–H groups in total. The third-order valence-electron chi connectivity index (χ3n) is 2.63. The molecule has 4 heteroatoms. The van der Waals surface area contributed by atoms with Crippen LogP contribution in [0.15, 0.2) is 0 Å². The van der Waals surface area contributed by atoms with Crippen LogP contribution in [0.4, 0.5) is 0 Å². The molecule has 1 fully saturated rings. The lowest BCUT2D eigenvalue weighted by molar-refractivity contribution is -0.137. The van der Waals surface area contributed by atoms with E-state index in [-0.39, 0.29) is 6.42 Å². The van der Waals surface area contributed by atoms with Crippen molar-refractivity contribution in [2.75, 3.05) is 26.3 Å². The number of carboxylic acids is 1. The number of hydrogen-bond acceptors (Lipinski definition) is 3. The second kappa shape index (κ2) is 5.98. The monoisotopic (exact) mass is 201 g/mol. The summed E-state index contributed by atoms with van der Waals surface area (Å²) in [6.07, 6.45) is 2.54. The SMILES string of the molecule is CCOCC1CCCN1CCC(=O)O. The van der Waals surface area contributed by atoms with Gasteiger partial charge in [0.15, 0.2) is 0 Å². The van der Waals surface area contributed by atoms with E-state index in [1.165, 1.54) is 0 Å². The average Bonchev–Trinajstić information content (AvgIpc) is 2.58. The van der Waals surface area contributed by atoms with E-state index in [0.717, 1.165) is 32.6 Å². The van der Waals surface area contributed by atoms with Gasteiger partial charge in [-0.2, -0.15) is 0 Å². The third-order valence-corrected chi connectivity index (χ3v) is 2.63. The van der Waals surface area contributed by atoms with Gasteiger partial charge in [-0.3, -0.25) is 9.69 Å². The lowest BCUT2D eigenvalue weighted by atomic mass is 10.2. The van der Waals surface area contributed by atoms with Crippen LogP contribution in [0, 0.1) is 0 Å². The Hall–Kier alpha value is -0.610. The minimum absolute atomic E-state index is 0.239. The standard InChI is InChI=1S/C10H19NO3/c1-2-14-8-9-4-3-6-11(9)7-5-10(12)13/h9H,2-8H2,1H3,(H,12,13). The number of nitrogens with zero attached hydrogens (tertiary/aromatic N) is 1. The maximum Gasteiger partial charge on any atom is 0.304 e. The van der Waals surface area contributed by atoms with E-state index in [2.05, 4.69) is 4.90 Å². The van der Waals surface area contributed by atoms with E-state index in [9.17, 15) is 4.79 Å². The predicted octanol–water partition coefficient (Wildman–Crippen LogP) is 0.962. The Labute approximate surface area is 84.8 Å². The van der Waals surface area contributed by atoms with Crippen LogP contribution in [0.2, 0.25) is 0 Å². The van der Waals surface area contributed by atoms with Crippen molar-refractivity contribution in [3.63, 3.8) is 0 Å². The van der Waals surface area contributed by atoms with Gasteiger partial charge in [0.25, 0.3) is 0 Å². The maximum absolute atomic E-state index is 10.4. The predicted molar refractivity (Wildman–Crippen MR) is 53.3 cm³/mol. The molecule has 4 nitrogen and oxygen atoms in total. The molecule has 1 unspecified atom stereocenters. The first-order chi connectivity index (χ1) is 6.74. The lowest BCUT2D eigenvalue weighted by Gasteiger charge is -2.23. The highest BCUT2D eigenvalue weighted by molar-refractivity contribution is 5.66. The molecule has 82 valence electrons. The molecule has 1 saturated heterocycles. The van der Waals surface area contributed by atoms with Gasteiger partial charge in [0.1, 0.15) is 0 Å². The molecule has 0 aromatic heterocycles. The van der Waals surface area contributed by atoms with Crippen LogP contribution in [0.5, 0.6) is 0 Å². The molecule has 14 heavy (non-hydrogen) atoms. The fraction of sp³-hybridized carbons (Fsp3) is 0.900. The number of aliphatic carboxylic acids is 1. The molecular formula is C10H19NO3. The first kappa shape index (κ1) is 11.5. The number of likely N-dealkylation sites (tertiary alicyclic amines) is 1. The summed E-state index contributed by atoms with van der Waals surface area (Å²) < 4.78 is 5.37. The van der Waals surface area contributed by atoms with E-state index in [1.807, 2.05) is 6.92 Å². The fourth-order valence-corrected chi connectivity index (χ4v) is 1.87. The van der Waals surface area contributed by atoms with Crippen LogP contribution in [-0.4, -0.2) is 48.3 Å². The zero-order chi connectivity index (χ0) is 10.4. The van der Waals surface area contributed by atoms with Gasteiger partial charge < -0.3 is 9.84 Å². The van der Waals surface area contributed by atoms with Gasteiger partial charge in [-0.15, -0.1) is 0 Å². The normalized spacial score (nSPS) is 22.8. The van der Waals surface area contributed by atoms with Crippen molar-refractivity contribution in [2.45, 2.75) is 32.2 Å². The minimum Gasteiger partial charge on any atom is -0.481 e. The molecule has 1 aliphatic heterocycles. The van der Waals surface area contributed by atoms with Crippen LogP contribution in [0.3, 0.4) is 0 Å². The first-order valence-electron chi connectivity index (χ1n) is 5.27. The Bertz CT molecular complexity index is 184. The third kappa shape index (κ3) is 3.64. The Morgan fingerprint density at radius 2 is 2.43 bits per heavy atom. The summed E-state index contributed by atoms with van der Waals surface area (Å²) in [5.74, 6) is -0.716. The molecule has 0 radical (unpaired) electrons. The number of carboxylic acid groups (broad SMARTS) is 1. The summed E-state index contributed by atoms with van der Waals surface area (Å²) in [7, 11) is 0. The van der Waals surface area contributed by atoms with Crippen molar-refractivity contribution in [1.82, 2.24) is 4.90 Å². The highest BCUT2D eigenvalue weighted by Gasteiger charge is 2.24. The van der Waals surface area contributed by atoms with E-state index in [4.69, 9.17) is 9.84 Å². The molecular weight excluding hydrogens is 182 g/mol. The highest BCUT2D eigenvalue weighted by atomic mass is 16.5. The molecule has 0 aromatic carbocycles. The Kier molecular flexibility index (Phi) is 4.90. The van der Waals surface area contributed by atoms with Crippen LogP contribution in [-0.2, 0) is 9.53 Å². The van der Waals surface area contributed by atoms with Gasteiger partial charge in [-0.1, -0.05) is 0 Å². The summed E-state index contributed by atoms with van der Waals surface area (Å²) >= 11 is 0. The average molecular weight is 201 g/mol. The number of rotatable bonds is 6. The number of hydrogen-bond donors (Lipinski definition) is 1. The van der Waals surface area contributed by atoms with Gasteiger partial charge in [0.05, 0.1) is 13.0 Å². The van der Waals surface area contributed by atoms with Gasteiger partial charge in [-0.05, 0) is 26.3 Å². The summed E-state index contributed by atoms with van der Waals surface area (Å²) in [5.41, 5.74) is 0. The van der Waals surface area contributed by atoms with Crippen molar-refractivity contribution in [3.05, 3.63) is 0 Å². The molecule has 0 aromatic rings. The second-order valence-corrected chi connectivity index (χ2v) is 3.64. The molecule has 1 aliphatic rings. The van der Waals surface area contributed by atoms with Crippen molar-refractivity contribution in [2.24, 2.45) is 0 Å². The van der Waals surface area contributed by atoms with E-state index < -0.39 is 5.97 Å². The quantitative estimate of drug-likeness (QED) is 0.695. The van der Waals surface area contributed by atoms with Gasteiger partial charge in [0, 0.05) is 19.2 Å². The van der Waals surface area contributed by atoms with E-state index in [0.29, 0.717) is 12.6 Å². The Morgan fingerprint density at radius 3 is 3.07 bits per heavy atom. The zero-order valence-electron chi connectivity index (χ0n) is 8.74. The second-order valence-electron chi connectivity index (χ2n) is 3.64. The molecule has 0 spiro atoms. The zero-order valence-corrected chi connectivity index (χ0v) is 8.74. The maximum atomic E-state index is 10.4. The smallest absolute Gasteiger partial charge is 0.304 e. The van der Waals surface area contributed by atoms with Crippen molar-refractivity contribution < 1.29 is 14.6 Å². The van der Waals surface area contributed by atoms with Crippen molar-refractivity contribution >= 4 is 5.97 Å². The van der Waals surface area contributed by atoms with Crippen LogP contribution >= 0.6 is 0 Å². The molecule has 1 rings (SSSR count). The van der Waals surface area contributed by atoms with Gasteiger partial charge >= 0.3 is 5.97 Å². The number of ether oxygens (including phenoxy) is 1. The number of carbonyl (C=O) groups is 1. The van der Waals surface area contributed by atoms with Gasteiger partial charge in [-0.25, -0.2) is 0 Å². The Morgan fingerprint density at radius 1 is 1.64 bits per heavy atom. The molecule has 1 heterocycles. The lowest BCUT2D eigenvalue weighted by Crippen LogP contribution is -2.34. The summed E-state index contributed by atoms with van der Waals surface area (Å²) in [5, 5.41) is 8.58. The highest BCUT2D eigenvalue weighted by Crippen LogP contribution is 2.17. The topological polar surface area (TPSA) is 49.8 Å². The van der Waals surface area contributed by atoms with Gasteiger partial charge in [0.2, 0.25) is 0 Å². The largest absolute Gasteiger partial charge is 0.481 e. The van der Waals surface area contributed by atoms with Crippen LogP contribution in [0.1, 0.15) is 26.2 Å². The molecule has 1 atom stereocenters. The van der Waals surface area contributed by atoms with E-state index in [1.54, 1.807) is 0 Å². The Balaban J connectivity index is 2.24. The van der Waals surface area contributed by atoms with E-state index >= 15 is 0 Å².